The lowest BCUT2D eigenvalue weighted by molar-refractivity contribution is -0.137. The number of hydrogen-bond acceptors (Lipinski definition) is 7. The van der Waals surface area contributed by atoms with Crippen molar-refractivity contribution in [3.63, 3.8) is 0 Å². The number of nitrogens with one attached hydrogen (secondary N) is 1. The molecule has 1 N–H and O–H groups in total. The van der Waals surface area contributed by atoms with E-state index in [1.165, 1.54) is 11.3 Å². The molecule has 2 heterocycles. The fourth-order valence-corrected chi connectivity index (χ4v) is 3.39. The first-order valence-electron chi connectivity index (χ1n) is 9.35. The minimum atomic E-state index is -0.586. The molecular weight excluding hydrogens is 394 g/mol. The molecule has 0 spiro atoms. The van der Waals surface area contributed by atoms with Crippen LogP contribution in [0.5, 0.6) is 5.75 Å². The number of carbonyl (C=O) groups excluding carboxylic acids is 2. The van der Waals surface area contributed by atoms with Gasteiger partial charge >= 0.3 is 6.09 Å². The van der Waals surface area contributed by atoms with Gasteiger partial charge in [-0.25, -0.2) is 9.78 Å². The number of para-hydroxylation sites is 1. The van der Waals surface area contributed by atoms with Crippen molar-refractivity contribution in [3.05, 3.63) is 29.6 Å². The summed E-state index contributed by atoms with van der Waals surface area (Å²) < 4.78 is 16.3. The smallest absolute Gasteiger partial charge is 0.413 e. The molecule has 2 aromatic rings. The average Bonchev–Trinajstić information content (AvgIpc) is 3.13. The van der Waals surface area contributed by atoms with Crippen molar-refractivity contribution in [1.82, 2.24) is 9.88 Å². The van der Waals surface area contributed by atoms with Crippen molar-refractivity contribution < 1.29 is 23.8 Å². The van der Waals surface area contributed by atoms with Gasteiger partial charge in [0.05, 0.1) is 18.9 Å². The van der Waals surface area contributed by atoms with Crippen LogP contribution in [-0.2, 0) is 14.3 Å². The highest BCUT2D eigenvalue weighted by Gasteiger charge is 2.20. The van der Waals surface area contributed by atoms with E-state index < -0.39 is 11.7 Å². The number of nitrogens with zero attached hydrogens (tertiary/aromatic N) is 2. The molecular formula is C20H25N3O5S. The van der Waals surface area contributed by atoms with Crippen LogP contribution in [0.1, 0.15) is 20.8 Å². The van der Waals surface area contributed by atoms with Gasteiger partial charge in [-0.15, -0.1) is 11.3 Å². The van der Waals surface area contributed by atoms with Crippen molar-refractivity contribution in [1.29, 1.82) is 0 Å². The largest absolute Gasteiger partial charge is 0.483 e. The Kier molecular flexibility index (Phi) is 6.71. The number of amides is 2. The van der Waals surface area contributed by atoms with Crippen molar-refractivity contribution in [3.8, 4) is 17.0 Å². The van der Waals surface area contributed by atoms with Crippen LogP contribution >= 0.6 is 11.3 Å². The van der Waals surface area contributed by atoms with Crippen molar-refractivity contribution >= 4 is 28.5 Å². The van der Waals surface area contributed by atoms with Crippen LogP contribution in [0.25, 0.3) is 11.3 Å². The standard InChI is InChI=1S/C20H25N3O5S/c1-20(2,3)28-19(25)22-18-21-15(13-29-18)14-6-4-5-7-16(14)27-12-17(24)23-8-10-26-11-9-23/h4-7,13H,8-12H2,1-3H3,(H,21,22,25). The monoisotopic (exact) mass is 419 g/mol. The molecule has 0 unspecified atom stereocenters. The summed E-state index contributed by atoms with van der Waals surface area (Å²) in [6.45, 7) is 7.60. The molecule has 1 saturated heterocycles. The first kappa shape index (κ1) is 21.1. The predicted octanol–water partition coefficient (Wildman–Crippen LogP) is 3.39. The first-order chi connectivity index (χ1) is 13.8. The number of anilines is 1. The normalized spacial score (nSPS) is 14.4. The third-order valence-corrected chi connectivity index (χ3v) is 4.75. The quantitative estimate of drug-likeness (QED) is 0.799. The van der Waals surface area contributed by atoms with E-state index in [0.29, 0.717) is 42.9 Å². The minimum absolute atomic E-state index is 0.0514. The zero-order chi connectivity index (χ0) is 20.9. The molecule has 8 nitrogen and oxygen atoms in total. The average molecular weight is 420 g/mol. The number of carbonyl (C=O) groups is 2. The van der Waals surface area contributed by atoms with E-state index in [1.807, 2.05) is 23.6 Å². The lowest BCUT2D eigenvalue weighted by Gasteiger charge is -2.26. The number of aromatic nitrogens is 1. The maximum atomic E-state index is 12.3. The molecule has 1 aromatic carbocycles. The van der Waals surface area contributed by atoms with E-state index in [1.54, 1.807) is 31.7 Å². The Hall–Kier alpha value is -2.65. The SMILES string of the molecule is CC(C)(C)OC(=O)Nc1nc(-c2ccccc2OCC(=O)N2CCOCC2)cs1. The molecule has 1 aliphatic rings. The van der Waals surface area contributed by atoms with Crippen molar-refractivity contribution in [2.75, 3.05) is 38.2 Å². The van der Waals surface area contributed by atoms with Gasteiger partial charge in [0, 0.05) is 24.0 Å². The molecule has 1 fully saturated rings. The number of morpholine rings is 1. The molecule has 9 heteroatoms. The molecule has 1 aliphatic heterocycles. The molecule has 0 saturated carbocycles. The molecule has 2 amide bonds. The molecule has 3 rings (SSSR count). The van der Waals surface area contributed by atoms with Crippen LogP contribution in [0.3, 0.4) is 0 Å². The molecule has 0 bridgehead atoms. The maximum Gasteiger partial charge on any atom is 0.413 e. The Morgan fingerprint density at radius 3 is 2.69 bits per heavy atom. The lowest BCUT2D eigenvalue weighted by atomic mass is 10.1. The van der Waals surface area contributed by atoms with E-state index in [-0.39, 0.29) is 12.5 Å². The van der Waals surface area contributed by atoms with Crippen LogP contribution in [0.2, 0.25) is 0 Å². The highest BCUT2D eigenvalue weighted by atomic mass is 32.1. The third-order valence-electron chi connectivity index (χ3n) is 3.99. The van der Waals surface area contributed by atoms with E-state index in [2.05, 4.69) is 10.3 Å². The topological polar surface area (TPSA) is 90.0 Å². The van der Waals surface area contributed by atoms with Gasteiger partial charge in [-0.05, 0) is 32.9 Å². The van der Waals surface area contributed by atoms with Gasteiger partial charge in [0.1, 0.15) is 11.4 Å². The fraction of sp³-hybridized carbons (Fsp3) is 0.450. The van der Waals surface area contributed by atoms with E-state index in [9.17, 15) is 9.59 Å². The second-order valence-electron chi connectivity index (χ2n) is 7.44. The number of hydrogen-bond donors (Lipinski definition) is 1. The van der Waals surface area contributed by atoms with Crippen LogP contribution in [-0.4, -0.2) is 60.4 Å². The van der Waals surface area contributed by atoms with Crippen LogP contribution < -0.4 is 10.1 Å². The summed E-state index contributed by atoms with van der Waals surface area (Å²) in [6.07, 6.45) is -0.556. The van der Waals surface area contributed by atoms with Gasteiger partial charge in [0.15, 0.2) is 11.7 Å². The van der Waals surface area contributed by atoms with E-state index >= 15 is 0 Å². The minimum Gasteiger partial charge on any atom is -0.483 e. The summed E-state index contributed by atoms with van der Waals surface area (Å²) in [6, 6.07) is 7.36. The summed E-state index contributed by atoms with van der Waals surface area (Å²) in [5.74, 6) is 0.483. The molecule has 1 aromatic heterocycles. The Balaban J connectivity index is 1.65. The Labute approximate surface area is 173 Å². The molecule has 0 aliphatic carbocycles. The summed E-state index contributed by atoms with van der Waals surface area (Å²) in [5.41, 5.74) is 0.809. The molecule has 29 heavy (non-hydrogen) atoms. The summed E-state index contributed by atoms with van der Waals surface area (Å²) >= 11 is 1.29. The van der Waals surface area contributed by atoms with Gasteiger partial charge in [-0.1, -0.05) is 12.1 Å². The van der Waals surface area contributed by atoms with E-state index in [0.717, 1.165) is 5.56 Å². The Bertz CT molecular complexity index is 856. The fourth-order valence-electron chi connectivity index (χ4n) is 2.69. The van der Waals surface area contributed by atoms with Gasteiger partial charge in [0.25, 0.3) is 5.91 Å². The van der Waals surface area contributed by atoms with E-state index in [4.69, 9.17) is 14.2 Å². The van der Waals surface area contributed by atoms with Gasteiger partial charge < -0.3 is 19.1 Å². The maximum absolute atomic E-state index is 12.3. The molecule has 0 radical (unpaired) electrons. The summed E-state index contributed by atoms with van der Waals surface area (Å²) in [4.78, 5) is 30.4. The van der Waals surface area contributed by atoms with Gasteiger partial charge in [-0.3, -0.25) is 10.1 Å². The van der Waals surface area contributed by atoms with Crippen molar-refractivity contribution in [2.24, 2.45) is 0 Å². The zero-order valence-corrected chi connectivity index (χ0v) is 17.6. The molecule has 156 valence electrons. The first-order valence-corrected chi connectivity index (χ1v) is 10.2. The second kappa shape index (κ2) is 9.23. The van der Waals surface area contributed by atoms with Gasteiger partial charge in [0.2, 0.25) is 0 Å². The number of ether oxygens (including phenoxy) is 3. The highest BCUT2D eigenvalue weighted by Crippen LogP contribution is 2.32. The number of benzene rings is 1. The van der Waals surface area contributed by atoms with Gasteiger partial charge in [-0.2, -0.15) is 0 Å². The van der Waals surface area contributed by atoms with Crippen LogP contribution in [0.4, 0.5) is 9.93 Å². The Morgan fingerprint density at radius 1 is 1.24 bits per heavy atom. The lowest BCUT2D eigenvalue weighted by Crippen LogP contribution is -2.43. The number of thiazole rings is 1. The Morgan fingerprint density at radius 2 is 1.97 bits per heavy atom. The predicted molar refractivity (Wildman–Crippen MR) is 110 cm³/mol. The van der Waals surface area contributed by atoms with Crippen LogP contribution in [0.15, 0.2) is 29.6 Å². The highest BCUT2D eigenvalue weighted by molar-refractivity contribution is 7.14. The van der Waals surface area contributed by atoms with Crippen molar-refractivity contribution in [2.45, 2.75) is 26.4 Å². The zero-order valence-electron chi connectivity index (χ0n) is 16.8. The number of rotatable bonds is 5. The second-order valence-corrected chi connectivity index (χ2v) is 8.30. The summed E-state index contributed by atoms with van der Waals surface area (Å²) in [5, 5.41) is 4.88. The summed E-state index contributed by atoms with van der Waals surface area (Å²) in [7, 11) is 0. The van der Waals surface area contributed by atoms with Crippen LogP contribution in [0, 0.1) is 0 Å². The third kappa shape index (κ3) is 6.16. The molecule has 0 atom stereocenters.